The lowest BCUT2D eigenvalue weighted by molar-refractivity contribution is 0.202. The average Bonchev–Trinajstić information content (AvgIpc) is 2.44. The second kappa shape index (κ2) is 8.69. The molecule has 0 radical (unpaired) electrons. The molecule has 0 aromatic carbocycles. The Morgan fingerprint density at radius 1 is 1.26 bits per heavy atom. The summed E-state index contributed by atoms with van der Waals surface area (Å²) >= 11 is 0. The topological polar surface area (TPSA) is 50.3 Å². The largest absolute Gasteiger partial charge is 0.383 e. The normalized spacial score (nSPS) is 10.8. The van der Waals surface area contributed by atoms with Crippen molar-refractivity contribution in [2.45, 2.75) is 39.7 Å². The third-order valence-electron chi connectivity index (χ3n) is 3.19. The molecule has 0 aliphatic rings. The minimum absolute atomic E-state index is 0.473. The van der Waals surface area contributed by atoms with Crippen LogP contribution in [0.15, 0.2) is 12.4 Å². The van der Waals surface area contributed by atoms with Crippen LogP contribution in [0, 0.1) is 0 Å². The summed E-state index contributed by atoms with van der Waals surface area (Å²) in [5, 5.41) is 3.20. The molecule has 1 N–H and O–H groups in total. The number of rotatable bonds is 9. The number of methoxy groups -OCH3 is 1. The Morgan fingerprint density at radius 3 is 2.58 bits per heavy atom. The van der Waals surface area contributed by atoms with Gasteiger partial charge in [0, 0.05) is 26.2 Å². The fraction of sp³-hybridized carbons (Fsp3) is 0.714. The zero-order valence-electron chi connectivity index (χ0n) is 12.5. The van der Waals surface area contributed by atoms with E-state index in [1.807, 2.05) is 6.20 Å². The van der Waals surface area contributed by atoms with Crippen LogP contribution in [0.25, 0.3) is 0 Å². The molecule has 0 aliphatic heterocycles. The summed E-state index contributed by atoms with van der Waals surface area (Å²) in [5.74, 6) is 1.75. The number of anilines is 2. The van der Waals surface area contributed by atoms with Gasteiger partial charge in [0.25, 0.3) is 0 Å². The maximum atomic E-state index is 5.21. The van der Waals surface area contributed by atoms with Crippen molar-refractivity contribution in [3.8, 4) is 0 Å². The zero-order chi connectivity index (χ0) is 14.1. The Bertz CT molecular complexity index is 355. The third kappa shape index (κ3) is 4.67. The van der Waals surface area contributed by atoms with Crippen molar-refractivity contribution in [1.29, 1.82) is 0 Å². The minimum Gasteiger partial charge on any atom is -0.383 e. The second-order valence-electron chi connectivity index (χ2n) is 4.45. The molecule has 1 rings (SSSR count). The molecule has 0 fully saturated rings. The van der Waals surface area contributed by atoms with Crippen LogP contribution in [0.3, 0.4) is 0 Å². The van der Waals surface area contributed by atoms with E-state index in [2.05, 4.69) is 41.0 Å². The standard InChI is InChI=1S/C14H26N4O/c1-5-12(6-2)18(8-9-19-4)14-11-15-10-13(17-14)16-7-3/h10-12H,5-9H2,1-4H3,(H,16,17). The van der Waals surface area contributed by atoms with Crippen LogP contribution < -0.4 is 10.2 Å². The number of hydrogen-bond donors (Lipinski definition) is 1. The summed E-state index contributed by atoms with van der Waals surface area (Å²) in [6.45, 7) is 8.85. The zero-order valence-corrected chi connectivity index (χ0v) is 12.5. The fourth-order valence-corrected chi connectivity index (χ4v) is 2.16. The molecule has 108 valence electrons. The van der Waals surface area contributed by atoms with E-state index in [1.54, 1.807) is 13.3 Å². The van der Waals surface area contributed by atoms with Gasteiger partial charge in [-0.2, -0.15) is 0 Å². The van der Waals surface area contributed by atoms with Crippen molar-refractivity contribution in [3.63, 3.8) is 0 Å². The van der Waals surface area contributed by atoms with Crippen LogP contribution in [-0.4, -0.2) is 42.8 Å². The fourth-order valence-electron chi connectivity index (χ4n) is 2.16. The number of nitrogens with one attached hydrogen (secondary N) is 1. The van der Waals surface area contributed by atoms with E-state index in [1.165, 1.54) is 0 Å². The molecule has 0 bridgehead atoms. The summed E-state index contributed by atoms with van der Waals surface area (Å²) < 4.78 is 5.21. The van der Waals surface area contributed by atoms with Gasteiger partial charge in [-0.25, -0.2) is 4.98 Å². The van der Waals surface area contributed by atoms with Crippen molar-refractivity contribution < 1.29 is 4.74 Å². The van der Waals surface area contributed by atoms with E-state index in [0.717, 1.165) is 37.6 Å². The van der Waals surface area contributed by atoms with Crippen LogP contribution >= 0.6 is 0 Å². The molecule has 19 heavy (non-hydrogen) atoms. The Morgan fingerprint density at radius 2 is 2.00 bits per heavy atom. The van der Waals surface area contributed by atoms with Crippen molar-refractivity contribution in [2.75, 3.05) is 37.0 Å². The van der Waals surface area contributed by atoms with Crippen molar-refractivity contribution in [2.24, 2.45) is 0 Å². The molecule has 1 aromatic rings. The minimum atomic E-state index is 0.473. The molecule has 0 saturated carbocycles. The van der Waals surface area contributed by atoms with Gasteiger partial charge in [-0.15, -0.1) is 0 Å². The van der Waals surface area contributed by atoms with Crippen LogP contribution in [0.4, 0.5) is 11.6 Å². The number of hydrogen-bond acceptors (Lipinski definition) is 5. The first-order valence-corrected chi connectivity index (χ1v) is 7.08. The molecule has 0 aliphatic carbocycles. The molecule has 1 aromatic heterocycles. The van der Waals surface area contributed by atoms with Crippen molar-refractivity contribution >= 4 is 11.6 Å². The maximum absolute atomic E-state index is 5.21. The molecule has 5 nitrogen and oxygen atoms in total. The third-order valence-corrected chi connectivity index (χ3v) is 3.19. The van der Waals surface area contributed by atoms with E-state index >= 15 is 0 Å². The molecule has 0 spiro atoms. The Balaban J connectivity index is 2.91. The molecule has 0 saturated heterocycles. The number of aromatic nitrogens is 2. The van der Waals surface area contributed by atoms with Gasteiger partial charge in [-0.05, 0) is 19.8 Å². The van der Waals surface area contributed by atoms with E-state index in [4.69, 9.17) is 4.74 Å². The number of ether oxygens (including phenoxy) is 1. The molecular formula is C14H26N4O. The lowest BCUT2D eigenvalue weighted by atomic mass is 10.1. The smallest absolute Gasteiger partial charge is 0.149 e. The quantitative estimate of drug-likeness (QED) is 0.744. The van der Waals surface area contributed by atoms with Gasteiger partial charge in [0.05, 0.1) is 19.0 Å². The second-order valence-corrected chi connectivity index (χ2v) is 4.45. The molecular weight excluding hydrogens is 240 g/mol. The lowest BCUT2D eigenvalue weighted by Gasteiger charge is -2.31. The Hall–Kier alpha value is -1.36. The highest BCUT2D eigenvalue weighted by Crippen LogP contribution is 2.18. The average molecular weight is 266 g/mol. The van der Waals surface area contributed by atoms with E-state index < -0.39 is 0 Å². The summed E-state index contributed by atoms with van der Waals surface area (Å²) in [4.78, 5) is 11.2. The first-order valence-electron chi connectivity index (χ1n) is 7.08. The van der Waals surface area contributed by atoms with Gasteiger partial charge >= 0.3 is 0 Å². The summed E-state index contributed by atoms with van der Waals surface area (Å²) in [7, 11) is 1.73. The summed E-state index contributed by atoms with van der Waals surface area (Å²) in [6.07, 6.45) is 5.77. The Kier molecular flexibility index (Phi) is 7.18. The summed E-state index contributed by atoms with van der Waals surface area (Å²) in [6, 6.07) is 0.473. The Labute approximate surface area is 116 Å². The number of nitrogens with zero attached hydrogens (tertiary/aromatic N) is 3. The highest BCUT2D eigenvalue weighted by Gasteiger charge is 2.17. The van der Waals surface area contributed by atoms with Crippen LogP contribution in [0.1, 0.15) is 33.6 Å². The van der Waals surface area contributed by atoms with Crippen LogP contribution in [-0.2, 0) is 4.74 Å². The van der Waals surface area contributed by atoms with Crippen molar-refractivity contribution in [1.82, 2.24) is 9.97 Å². The molecule has 0 unspecified atom stereocenters. The monoisotopic (exact) mass is 266 g/mol. The lowest BCUT2D eigenvalue weighted by Crippen LogP contribution is -2.37. The SMILES string of the molecule is CCNc1cncc(N(CCOC)C(CC)CC)n1. The summed E-state index contributed by atoms with van der Waals surface area (Å²) in [5.41, 5.74) is 0. The van der Waals surface area contributed by atoms with E-state index in [-0.39, 0.29) is 0 Å². The molecule has 0 amide bonds. The highest BCUT2D eigenvalue weighted by molar-refractivity contribution is 5.44. The van der Waals surface area contributed by atoms with E-state index in [9.17, 15) is 0 Å². The van der Waals surface area contributed by atoms with E-state index in [0.29, 0.717) is 12.6 Å². The van der Waals surface area contributed by atoms with Gasteiger partial charge in [0.1, 0.15) is 11.6 Å². The van der Waals surface area contributed by atoms with Crippen LogP contribution in [0.2, 0.25) is 0 Å². The van der Waals surface area contributed by atoms with Crippen molar-refractivity contribution in [3.05, 3.63) is 12.4 Å². The van der Waals surface area contributed by atoms with Gasteiger partial charge in [-0.1, -0.05) is 13.8 Å². The van der Waals surface area contributed by atoms with Gasteiger partial charge in [0.15, 0.2) is 0 Å². The maximum Gasteiger partial charge on any atom is 0.149 e. The molecule has 5 heteroatoms. The van der Waals surface area contributed by atoms with Crippen LogP contribution in [0.5, 0.6) is 0 Å². The predicted octanol–water partition coefficient (Wildman–Crippen LogP) is 2.55. The molecule has 0 atom stereocenters. The molecule has 1 heterocycles. The first-order chi connectivity index (χ1) is 9.26. The highest BCUT2D eigenvalue weighted by atomic mass is 16.5. The first kappa shape index (κ1) is 15.7. The van der Waals surface area contributed by atoms with Gasteiger partial charge in [0.2, 0.25) is 0 Å². The predicted molar refractivity (Wildman–Crippen MR) is 79.8 cm³/mol. The van der Waals surface area contributed by atoms with Gasteiger partial charge in [-0.3, -0.25) is 4.98 Å². The van der Waals surface area contributed by atoms with Gasteiger partial charge < -0.3 is 15.0 Å².